The third-order valence-electron chi connectivity index (χ3n) is 7.49. The van der Waals surface area contributed by atoms with E-state index in [1.165, 1.54) is 79.0 Å². The number of aryl methyl sites for hydroxylation is 2. The van der Waals surface area contributed by atoms with Gasteiger partial charge in [0.15, 0.2) is 0 Å². The summed E-state index contributed by atoms with van der Waals surface area (Å²) >= 11 is 0. The fraction of sp³-hybridized carbons (Fsp3) is 0.375. The number of pyridine rings is 1. The van der Waals surface area contributed by atoms with E-state index in [0.717, 1.165) is 11.3 Å². The van der Waals surface area contributed by atoms with Crippen molar-refractivity contribution in [3.05, 3.63) is 99.9 Å². The van der Waals surface area contributed by atoms with Gasteiger partial charge in [-0.25, -0.2) is 0 Å². The summed E-state index contributed by atoms with van der Waals surface area (Å²) in [6, 6.07) is 19.4. The van der Waals surface area contributed by atoms with E-state index in [4.69, 9.17) is 14.9 Å². The first-order valence-corrected chi connectivity index (χ1v) is 12.6. The number of rotatable bonds is 2. The summed E-state index contributed by atoms with van der Waals surface area (Å²) in [7, 11) is 0. The molecule has 0 atom stereocenters. The molecule has 0 amide bonds. The van der Waals surface area contributed by atoms with Gasteiger partial charge in [0.25, 0.3) is 0 Å². The number of ketones is 1. The molecule has 36 heavy (non-hydrogen) atoms. The monoisotopic (exact) mass is 660 g/mol. The maximum absolute atomic E-state index is 8.40. The number of carbonyl (C=O) groups excluding carboxylic acids is 1. The van der Waals surface area contributed by atoms with E-state index in [1.807, 2.05) is 0 Å². The predicted octanol–water partition coefficient (Wildman–Crippen LogP) is 7.40. The van der Waals surface area contributed by atoms with Crippen LogP contribution in [0.2, 0.25) is 0 Å². The Bertz CT molecular complexity index is 1300. The maximum Gasteiger partial charge on any atom is 0.316 e. The normalized spacial score (nSPS) is 16.8. The number of benzene rings is 2. The second-order valence-corrected chi connectivity index (χ2v) is 10.9. The van der Waals surface area contributed by atoms with Gasteiger partial charge in [0.1, 0.15) is 0 Å². The Morgan fingerprint density at radius 1 is 0.917 bits per heavy atom. The van der Waals surface area contributed by atoms with Gasteiger partial charge in [-0.3, -0.25) is 4.79 Å². The Balaban J connectivity index is 0.000000400. The van der Waals surface area contributed by atoms with E-state index in [1.54, 1.807) is 0 Å². The van der Waals surface area contributed by atoms with Crippen molar-refractivity contribution < 1.29 is 30.0 Å². The second-order valence-electron chi connectivity index (χ2n) is 10.9. The van der Waals surface area contributed by atoms with Gasteiger partial charge in [-0.15, -0.1) is 34.9 Å². The molecule has 2 aliphatic rings. The van der Waals surface area contributed by atoms with E-state index in [0.29, 0.717) is 0 Å². The topological polar surface area (TPSA) is 54.5 Å². The molecule has 3 aromatic rings. The van der Waals surface area contributed by atoms with Gasteiger partial charge in [0.2, 0.25) is 0 Å². The first-order chi connectivity index (χ1) is 16.5. The van der Waals surface area contributed by atoms with Crippen LogP contribution in [0.1, 0.15) is 87.8 Å². The van der Waals surface area contributed by atoms with Crippen molar-refractivity contribution in [2.75, 3.05) is 0 Å². The molecule has 2 N–H and O–H groups in total. The Kier molecular flexibility index (Phi) is 8.43. The van der Waals surface area contributed by atoms with Gasteiger partial charge in [-0.05, 0) is 65.8 Å². The van der Waals surface area contributed by atoms with Crippen LogP contribution < -0.4 is 0 Å². The Morgan fingerprint density at radius 3 is 2.06 bits per heavy atom. The molecule has 1 radical (unpaired) electrons. The molecular formula is C32H37IrNO2. The summed E-state index contributed by atoms with van der Waals surface area (Å²) in [5.41, 5.74) is 10.7. The number of nitrogens with zero attached hydrogens (tertiary/aromatic N) is 1. The minimum Gasteiger partial charge on any atom is -0.512 e. The molecule has 2 aliphatic carbocycles. The van der Waals surface area contributed by atoms with E-state index in [2.05, 4.69) is 82.4 Å². The maximum atomic E-state index is 8.40. The van der Waals surface area contributed by atoms with Crippen LogP contribution in [0, 0.1) is 6.07 Å². The number of fused-ring (bicyclic) bond motifs is 3. The van der Waals surface area contributed by atoms with Crippen molar-refractivity contribution in [1.29, 1.82) is 0 Å². The summed E-state index contributed by atoms with van der Waals surface area (Å²) < 4.78 is 0. The summed E-state index contributed by atoms with van der Waals surface area (Å²) in [4.78, 5) is 13.2. The minimum absolute atomic E-state index is 0. The van der Waals surface area contributed by atoms with Crippen LogP contribution in [0.15, 0.2) is 60.5 Å². The number of allylic oxidation sites excluding steroid dienone is 2. The zero-order chi connectivity index (χ0) is 25.4. The standard InChI is InChI=1S/C27H28N.C5H8O2.Ir/c1-26(2)21-11-7-8-12-22(21)27(3,4)24-15-19(13-14-23(24)26)25-16-18-9-5-6-10-20(18)17-28-25;1-4(6)3-5(2)7;/h7-8,11-12,14-17H,5-6,9-10H2,1-4H3;3,6H,1-2H3;/q-1;;/p+1/b;4-3-;. The molecule has 1 aromatic heterocycles. The van der Waals surface area contributed by atoms with Crippen LogP contribution in [0.25, 0.3) is 11.3 Å². The average Bonchev–Trinajstić information content (AvgIpc) is 2.82. The van der Waals surface area contributed by atoms with Crippen molar-refractivity contribution in [3.8, 4) is 11.3 Å². The van der Waals surface area contributed by atoms with Gasteiger partial charge >= 0.3 is 5.78 Å². The van der Waals surface area contributed by atoms with Crippen LogP contribution in [-0.4, -0.2) is 20.7 Å². The van der Waals surface area contributed by atoms with E-state index < -0.39 is 0 Å². The van der Waals surface area contributed by atoms with Crippen molar-refractivity contribution in [3.63, 3.8) is 0 Å². The number of hydrogen-bond donors (Lipinski definition) is 1. The SMILES string of the molecule is CC(=[OH+])/C=C(/C)O.CC1(C)c2c[c-]c(-c3cc4c(cn3)CCCC4)cc2C(C)(C)c2ccccc21.[Ir]. The van der Waals surface area contributed by atoms with Crippen LogP contribution in [0.3, 0.4) is 0 Å². The van der Waals surface area contributed by atoms with Crippen molar-refractivity contribution in [2.24, 2.45) is 0 Å². The fourth-order valence-electron chi connectivity index (χ4n) is 5.60. The molecule has 191 valence electrons. The van der Waals surface area contributed by atoms with Crippen molar-refractivity contribution in [2.45, 2.75) is 78.1 Å². The molecule has 0 bridgehead atoms. The summed E-state index contributed by atoms with van der Waals surface area (Å²) in [6.45, 7) is 12.4. The van der Waals surface area contributed by atoms with Gasteiger partial charge in [-0.1, -0.05) is 63.6 Å². The second kappa shape index (κ2) is 10.8. The zero-order valence-electron chi connectivity index (χ0n) is 22.2. The minimum atomic E-state index is -0.0283. The van der Waals surface area contributed by atoms with Gasteiger partial charge < -0.3 is 10.1 Å². The van der Waals surface area contributed by atoms with E-state index in [-0.39, 0.29) is 42.5 Å². The molecule has 1 heterocycles. The molecule has 0 unspecified atom stereocenters. The largest absolute Gasteiger partial charge is 0.512 e. The van der Waals surface area contributed by atoms with Crippen molar-refractivity contribution >= 4 is 5.78 Å². The molecule has 5 rings (SSSR count). The summed E-state index contributed by atoms with van der Waals surface area (Å²) in [6.07, 6.45) is 8.32. The molecular weight excluding hydrogens is 623 g/mol. The van der Waals surface area contributed by atoms with Crippen molar-refractivity contribution in [1.82, 2.24) is 4.98 Å². The van der Waals surface area contributed by atoms with E-state index in [9.17, 15) is 0 Å². The predicted molar refractivity (Wildman–Crippen MR) is 145 cm³/mol. The first kappa shape index (κ1) is 28.0. The Hall–Kier alpha value is -2.55. The van der Waals surface area contributed by atoms with Crippen LogP contribution >= 0.6 is 0 Å². The molecule has 2 aromatic carbocycles. The third-order valence-corrected chi connectivity index (χ3v) is 7.49. The third kappa shape index (κ3) is 5.40. The number of aromatic nitrogens is 1. The van der Waals surface area contributed by atoms with Gasteiger partial charge in [-0.2, -0.15) is 0 Å². The molecule has 3 nitrogen and oxygen atoms in total. The molecule has 0 fully saturated rings. The van der Waals surface area contributed by atoms with Crippen LogP contribution in [0.4, 0.5) is 0 Å². The fourth-order valence-corrected chi connectivity index (χ4v) is 5.60. The number of aliphatic hydroxyl groups is 1. The number of hydrogen-bond acceptors (Lipinski definition) is 2. The van der Waals surface area contributed by atoms with Gasteiger partial charge in [0.05, 0.1) is 18.8 Å². The smallest absolute Gasteiger partial charge is 0.316 e. The van der Waals surface area contributed by atoms with E-state index >= 15 is 0 Å². The number of aliphatic hydroxyl groups excluding tert-OH is 1. The molecule has 4 heteroatoms. The Labute approximate surface area is 229 Å². The first-order valence-electron chi connectivity index (χ1n) is 12.6. The summed E-state index contributed by atoms with van der Waals surface area (Å²) in [5, 5.41) is 8.40. The molecule has 0 saturated carbocycles. The quantitative estimate of drug-likeness (QED) is 0.135. The molecule has 0 aliphatic heterocycles. The molecule has 0 spiro atoms. The Morgan fingerprint density at radius 2 is 1.50 bits per heavy atom. The molecule has 0 saturated heterocycles. The zero-order valence-corrected chi connectivity index (χ0v) is 24.6. The summed E-state index contributed by atoms with van der Waals surface area (Å²) in [5.74, 6) is 0.250. The van der Waals surface area contributed by atoms with Crippen LogP contribution in [0.5, 0.6) is 0 Å². The van der Waals surface area contributed by atoms with Gasteiger partial charge in [0, 0.05) is 26.3 Å². The average molecular weight is 660 g/mol. The van der Waals surface area contributed by atoms with Crippen LogP contribution in [-0.2, 0) is 43.8 Å².